The highest BCUT2D eigenvalue weighted by atomic mass is 16.6. The lowest BCUT2D eigenvalue weighted by molar-refractivity contribution is -0.153. The fourth-order valence-corrected chi connectivity index (χ4v) is 3.17. The number of hydrogen-bond acceptors (Lipinski definition) is 4. The Morgan fingerprint density at radius 3 is 2.19 bits per heavy atom. The molecule has 0 aromatic heterocycles. The minimum atomic E-state index is -0.577. The molecule has 0 atom stereocenters. The van der Waals surface area contributed by atoms with Gasteiger partial charge in [0.25, 0.3) is 5.91 Å². The number of rotatable bonds is 9. The molecule has 3 aromatic carbocycles. The molecule has 0 bridgehead atoms. The number of para-hydroxylation sites is 1. The van der Waals surface area contributed by atoms with Crippen LogP contribution in [0.2, 0.25) is 0 Å². The number of hydrogen-bond donors (Lipinski definition) is 0. The average molecular weight is 418 g/mol. The quantitative estimate of drug-likeness (QED) is 0.491. The van der Waals surface area contributed by atoms with E-state index in [0.717, 1.165) is 22.3 Å². The molecule has 0 unspecified atom stereocenters. The van der Waals surface area contributed by atoms with E-state index in [1.54, 1.807) is 11.9 Å². The minimum Gasteiger partial charge on any atom is -0.482 e. The Bertz CT molecular complexity index is 1020. The molecule has 0 aliphatic rings. The van der Waals surface area contributed by atoms with Crippen molar-refractivity contribution in [3.8, 4) is 5.75 Å². The third-order valence-electron chi connectivity index (χ3n) is 5.01. The van der Waals surface area contributed by atoms with Crippen LogP contribution in [-0.2, 0) is 27.3 Å². The molecule has 160 valence electrons. The number of carbonyl (C=O) groups is 2. The normalized spacial score (nSPS) is 10.4. The maximum atomic E-state index is 12.3. The van der Waals surface area contributed by atoms with Gasteiger partial charge in [0, 0.05) is 20.0 Å². The summed E-state index contributed by atoms with van der Waals surface area (Å²) in [5.41, 5.74) is 4.31. The van der Waals surface area contributed by atoms with Crippen molar-refractivity contribution in [2.45, 2.75) is 19.9 Å². The van der Waals surface area contributed by atoms with Crippen molar-refractivity contribution >= 4 is 11.9 Å². The number of benzene rings is 3. The summed E-state index contributed by atoms with van der Waals surface area (Å²) in [7, 11) is 1.69. The second kappa shape index (κ2) is 11.0. The molecule has 0 N–H and O–H groups in total. The Hall–Kier alpha value is -3.60. The van der Waals surface area contributed by atoms with Crippen molar-refractivity contribution in [2.24, 2.45) is 0 Å². The molecule has 0 aliphatic heterocycles. The third kappa shape index (κ3) is 6.71. The molecule has 3 aromatic rings. The predicted octanol–water partition coefficient (Wildman–Crippen LogP) is 4.17. The smallest absolute Gasteiger partial charge is 0.344 e. The SMILES string of the molecule is Cc1ccccc1CN(C)C(=O)COC(=O)COc1ccccc1Cc1ccccc1. The molecular weight excluding hydrogens is 390 g/mol. The summed E-state index contributed by atoms with van der Waals surface area (Å²) in [6, 6.07) is 25.5. The van der Waals surface area contributed by atoms with E-state index < -0.39 is 5.97 Å². The number of esters is 1. The van der Waals surface area contributed by atoms with Crippen LogP contribution in [0.25, 0.3) is 0 Å². The van der Waals surface area contributed by atoms with Crippen LogP contribution >= 0.6 is 0 Å². The molecule has 3 rings (SSSR count). The molecule has 5 nitrogen and oxygen atoms in total. The van der Waals surface area contributed by atoms with Crippen molar-refractivity contribution in [1.29, 1.82) is 0 Å². The van der Waals surface area contributed by atoms with Crippen LogP contribution in [-0.4, -0.2) is 37.0 Å². The number of likely N-dealkylation sites (N-methyl/N-ethyl adjacent to an activating group) is 1. The van der Waals surface area contributed by atoms with E-state index in [0.29, 0.717) is 18.7 Å². The highest BCUT2D eigenvalue weighted by molar-refractivity contribution is 5.80. The summed E-state index contributed by atoms with van der Waals surface area (Å²) in [6.07, 6.45) is 0.703. The Morgan fingerprint density at radius 2 is 1.45 bits per heavy atom. The van der Waals surface area contributed by atoms with Crippen LogP contribution in [0.4, 0.5) is 0 Å². The van der Waals surface area contributed by atoms with Gasteiger partial charge in [0.1, 0.15) is 5.75 Å². The molecule has 0 saturated carbocycles. The lowest BCUT2D eigenvalue weighted by atomic mass is 10.0. The van der Waals surface area contributed by atoms with Gasteiger partial charge in [0.05, 0.1) is 0 Å². The van der Waals surface area contributed by atoms with Gasteiger partial charge in [-0.1, -0.05) is 72.8 Å². The second-order valence-corrected chi connectivity index (χ2v) is 7.40. The summed E-state index contributed by atoms with van der Waals surface area (Å²) in [5.74, 6) is -0.209. The van der Waals surface area contributed by atoms with E-state index in [4.69, 9.17) is 9.47 Å². The molecule has 1 amide bonds. The molecule has 0 spiro atoms. The van der Waals surface area contributed by atoms with Gasteiger partial charge in [-0.15, -0.1) is 0 Å². The first-order valence-electron chi connectivity index (χ1n) is 10.2. The topological polar surface area (TPSA) is 55.8 Å². The van der Waals surface area contributed by atoms with Gasteiger partial charge in [-0.25, -0.2) is 4.79 Å². The van der Waals surface area contributed by atoms with Gasteiger partial charge < -0.3 is 14.4 Å². The summed E-state index contributed by atoms with van der Waals surface area (Å²) >= 11 is 0. The monoisotopic (exact) mass is 417 g/mol. The number of amides is 1. The zero-order valence-electron chi connectivity index (χ0n) is 17.9. The van der Waals surface area contributed by atoms with E-state index in [1.165, 1.54) is 0 Å². The molecular formula is C26H27NO4. The van der Waals surface area contributed by atoms with Crippen LogP contribution in [0.5, 0.6) is 5.75 Å². The van der Waals surface area contributed by atoms with Gasteiger partial charge in [0.2, 0.25) is 0 Å². The number of nitrogens with zero attached hydrogens (tertiary/aromatic N) is 1. The van der Waals surface area contributed by atoms with Crippen LogP contribution < -0.4 is 4.74 Å². The molecule has 31 heavy (non-hydrogen) atoms. The Morgan fingerprint density at radius 1 is 0.806 bits per heavy atom. The van der Waals surface area contributed by atoms with E-state index in [9.17, 15) is 9.59 Å². The lowest BCUT2D eigenvalue weighted by Crippen LogP contribution is -2.31. The Balaban J connectivity index is 1.47. The number of ether oxygens (including phenoxy) is 2. The van der Waals surface area contributed by atoms with Crippen molar-refractivity contribution in [3.63, 3.8) is 0 Å². The van der Waals surface area contributed by atoms with Crippen molar-refractivity contribution in [2.75, 3.05) is 20.3 Å². The molecule has 0 heterocycles. The zero-order chi connectivity index (χ0) is 22.1. The largest absolute Gasteiger partial charge is 0.482 e. The van der Waals surface area contributed by atoms with Crippen LogP contribution in [0.3, 0.4) is 0 Å². The third-order valence-corrected chi connectivity index (χ3v) is 5.01. The standard InChI is InChI=1S/C26H27NO4/c1-20-10-6-7-14-23(20)17-27(2)25(28)18-31-26(29)19-30-24-15-9-8-13-22(24)16-21-11-4-3-5-12-21/h3-15H,16-19H2,1-2H3. The van der Waals surface area contributed by atoms with Crippen LogP contribution in [0.1, 0.15) is 22.3 Å². The van der Waals surface area contributed by atoms with Crippen LogP contribution in [0.15, 0.2) is 78.9 Å². The molecule has 0 aliphatic carbocycles. The summed E-state index contributed by atoms with van der Waals surface area (Å²) < 4.78 is 10.8. The average Bonchev–Trinajstić information content (AvgIpc) is 2.79. The van der Waals surface area contributed by atoms with Crippen molar-refractivity contribution < 1.29 is 19.1 Å². The number of aryl methyl sites for hydroxylation is 1. The zero-order valence-corrected chi connectivity index (χ0v) is 17.9. The summed E-state index contributed by atoms with van der Waals surface area (Å²) in [4.78, 5) is 26.0. The molecule has 0 fully saturated rings. The highest BCUT2D eigenvalue weighted by Crippen LogP contribution is 2.21. The maximum Gasteiger partial charge on any atom is 0.344 e. The van der Waals surface area contributed by atoms with Gasteiger partial charge in [-0.3, -0.25) is 4.79 Å². The van der Waals surface area contributed by atoms with Gasteiger partial charge in [-0.05, 0) is 35.2 Å². The van der Waals surface area contributed by atoms with E-state index in [-0.39, 0.29) is 19.1 Å². The first-order valence-corrected chi connectivity index (χ1v) is 10.2. The van der Waals surface area contributed by atoms with Gasteiger partial charge in [0.15, 0.2) is 13.2 Å². The van der Waals surface area contributed by atoms with E-state index in [2.05, 4.69) is 0 Å². The maximum absolute atomic E-state index is 12.3. The minimum absolute atomic E-state index is 0.249. The Labute approximate surface area is 183 Å². The highest BCUT2D eigenvalue weighted by Gasteiger charge is 2.14. The van der Waals surface area contributed by atoms with Gasteiger partial charge >= 0.3 is 5.97 Å². The Kier molecular flexibility index (Phi) is 7.82. The second-order valence-electron chi connectivity index (χ2n) is 7.40. The van der Waals surface area contributed by atoms with E-state index in [1.807, 2.05) is 85.8 Å². The number of carbonyl (C=O) groups excluding carboxylic acids is 2. The first-order chi connectivity index (χ1) is 15.0. The molecule has 0 saturated heterocycles. The fraction of sp³-hybridized carbons (Fsp3) is 0.231. The van der Waals surface area contributed by atoms with E-state index >= 15 is 0 Å². The van der Waals surface area contributed by atoms with Crippen molar-refractivity contribution in [3.05, 3.63) is 101 Å². The van der Waals surface area contributed by atoms with Gasteiger partial charge in [-0.2, -0.15) is 0 Å². The fourth-order valence-electron chi connectivity index (χ4n) is 3.17. The summed E-state index contributed by atoms with van der Waals surface area (Å²) in [5, 5.41) is 0. The lowest BCUT2D eigenvalue weighted by Gasteiger charge is -2.18. The molecule has 5 heteroatoms. The summed E-state index contributed by atoms with van der Waals surface area (Å²) in [6.45, 7) is 1.91. The molecule has 0 radical (unpaired) electrons. The first kappa shape index (κ1) is 22.1. The van der Waals surface area contributed by atoms with Crippen LogP contribution in [0, 0.1) is 6.92 Å². The van der Waals surface area contributed by atoms with Crippen molar-refractivity contribution in [1.82, 2.24) is 4.90 Å². The predicted molar refractivity (Wildman–Crippen MR) is 120 cm³/mol.